The number of nitrogens with zero attached hydrogens (tertiary/aromatic N) is 1. The van der Waals surface area contributed by atoms with Crippen LogP contribution in [0, 0.1) is 0 Å². The first-order valence-corrected chi connectivity index (χ1v) is 13.3. The second-order valence-corrected chi connectivity index (χ2v) is 9.77. The van der Waals surface area contributed by atoms with Gasteiger partial charge in [0, 0.05) is 37.3 Å². The number of amides is 1. The van der Waals surface area contributed by atoms with Crippen molar-refractivity contribution in [2.45, 2.75) is 43.8 Å². The minimum Gasteiger partial charge on any atom is -0.350 e. The maximum absolute atomic E-state index is 12.9. The van der Waals surface area contributed by atoms with Gasteiger partial charge in [-0.15, -0.1) is 0 Å². The van der Waals surface area contributed by atoms with E-state index < -0.39 is 0 Å². The van der Waals surface area contributed by atoms with Gasteiger partial charge in [-0.05, 0) is 54.6 Å². The molecule has 0 bridgehead atoms. The molecule has 194 valence electrons. The molecule has 1 unspecified atom stereocenters. The van der Waals surface area contributed by atoms with Crippen molar-refractivity contribution >= 4 is 12.2 Å². The molecule has 6 heteroatoms. The summed E-state index contributed by atoms with van der Waals surface area (Å²) in [6.45, 7) is 2.79. The molecule has 3 aromatic carbocycles. The number of nitrogens with one attached hydrogen (secondary N) is 2. The van der Waals surface area contributed by atoms with Gasteiger partial charge in [-0.2, -0.15) is 0 Å². The van der Waals surface area contributed by atoms with Crippen molar-refractivity contribution in [3.05, 3.63) is 96.1 Å². The monoisotopic (exact) mass is 498 g/mol. The lowest BCUT2D eigenvalue weighted by Gasteiger charge is -2.29. The summed E-state index contributed by atoms with van der Waals surface area (Å²) >= 11 is 0. The van der Waals surface area contributed by atoms with Gasteiger partial charge in [0.05, 0.1) is 6.04 Å². The van der Waals surface area contributed by atoms with Crippen LogP contribution in [0.2, 0.25) is 0 Å². The van der Waals surface area contributed by atoms with Gasteiger partial charge in [0.1, 0.15) is 6.29 Å². The highest BCUT2D eigenvalue weighted by atomic mass is 16.1. The summed E-state index contributed by atoms with van der Waals surface area (Å²) in [4.78, 5) is 27.3. The Morgan fingerprint density at radius 2 is 1.62 bits per heavy atom. The standard InChI is InChI=1S/C31H38N4O2/c32-19-8-7-13-29-22-35(30(23-36)26-11-5-2-6-12-26)20-18-28(34-29)21-33-31(37)27-16-14-25(15-17-27)24-9-3-1-4-10-24/h1-6,9-12,14-17,23,28-30,34H,7-8,13,18-22,32H2,(H,33,37)/t28-,29+,30?/m0/s1. The van der Waals surface area contributed by atoms with Gasteiger partial charge in [-0.25, -0.2) is 0 Å². The smallest absolute Gasteiger partial charge is 0.251 e. The van der Waals surface area contributed by atoms with Gasteiger partial charge in [0.25, 0.3) is 5.91 Å². The number of aldehydes is 1. The Labute approximate surface area is 220 Å². The zero-order chi connectivity index (χ0) is 25.9. The summed E-state index contributed by atoms with van der Waals surface area (Å²) in [5, 5.41) is 6.88. The largest absolute Gasteiger partial charge is 0.350 e. The highest BCUT2D eigenvalue weighted by Gasteiger charge is 2.28. The highest BCUT2D eigenvalue weighted by molar-refractivity contribution is 5.94. The molecule has 4 rings (SSSR count). The van der Waals surface area contributed by atoms with E-state index >= 15 is 0 Å². The lowest BCUT2D eigenvalue weighted by atomic mass is 10.0. The fourth-order valence-electron chi connectivity index (χ4n) is 5.08. The Bertz CT molecular complexity index is 1110. The van der Waals surface area contributed by atoms with Crippen LogP contribution in [0.15, 0.2) is 84.9 Å². The van der Waals surface area contributed by atoms with E-state index in [1.165, 1.54) is 0 Å². The molecule has 0 spiro atoms. The normalized spacial score (nSPS) is 19.1. The molecule has 1 saturated heterocycles. The molecule has 3 atom stereocenters. The Balaban J connectivity index is 1.38. The minimum absolute atomic E-state index is 0.0720. The molecule has 1 fully saturated rings. The van der Waals surface area contributed by atoms with Crippen molar-refractivity contribution in [2.24, 2.45) is 5.73 Å². The Kier molecular flexibility index (Phi) is 10.0. The number of hydrogen-bond acceptors (Lipinski definition) is 5. The summed E-state index contributed by atoms with van der Waals surface area (Å²) in [6, 6.07) is 27.9. The van der Waals surface area contributed by atoms with E-state index in [-0.39, 0.29) is 24.0 Å². The van der Waals surface area contributed by atoms with Gasteiger partial charge < -0.3 is 21.2 Å². The molecule has 6 nitrogen and oxygen atoms in total. The molecule has 3 aromatic rings. The van der Waals surface area contributed by atoms with Crippen LogP contribution in [-0.4, -0.2) is 55.4 Å². The van der Waals surface area contributed by atoms with Crippen molar-refractivity contribution in [3.8, 4) is 11.1 Å². The zero-order valence-electron chi connectivity index (χ0n) is 21.4. The number of carbonyl (C=O) groups excluding carboxylic acids is 2. The molecule has 0 saturated carbocycles. The molecule has 0 radical (unpaired) electrons. The van der Waals surface area contributed by atoms with Crippen LogP contribution >= 0.6 is 0 Å². The topological polar surface area (TPSA) is 87.5 Å². The SMILES string of the molecule is NCCCC[C@@H]1CN(C(C=O)c2ccccc2)CC[C@@H](CNC(=O)c2ccc(-c3ccccc3)cc2)N1. The molecule has 1 aliphatic heterocycles. The number of unbranched alkanes of at least 4 members (excludes halogenated alkanes) is 1. The molecule has 1 amide bonds. The predicted octanol–water partition coefficient (Wildman–Crippen LogP) is 4.19. The maximum Gasteiger partial charge on any atom is 0.251 e. The minimum atomic E-state index is -0.267. The predicted molar refractivity (Wildman–Crippen MR) is 149 cm³/mol. The van der Waals surface area contributed by atoms with Gasteiger partial charge in [0.2, 0.25) is 0 Å². The average Bonchev–Trinajstić information content (AvgIpc) is 3.16. The van der Waals surface area contributed by atoms with E-state index in [0.717, 1.165) is 61.7 Å². The van der Waals surface area contributed by atoms with Gasteiger partial charge >= 0.3 is 0 Å². The Morgan fingerprint density at radius 1 is 0.946 bits per heavy atom. The fraction of sp³-hybridized carbons (Fsp3) is 0.355. The van der Waals surface area contributed by atoms with Crippen LogP contribution < -0.4 is 16.4 Å². The number of carbonyl (C=O) groups is 2. The molecular weight excluding hydrogens is 460 g/mol. The second kappa shape index (κ2) is 13.8. The van der Waals surface area contributed by atoms with Crippen molar-refractivity contribution in [3.63, 3.8) is 0 Å². The first kappa shape index (κ1) is 26.7. The average molecular weight is 499 g/mol. The molecule has 0 aliphatic carbocycles. The number of rotatable bonds is 11. The van der Waals surface area contributed by atoms with E-state index in [9.17, 15) is 9.59 Å². The van der Waals surface area contributed by atoms with Crippen LogP contribution in [0.3, 0.4) is 0 Å². The third-order valence-electron chi connectivity index (χ3n) is 7.12. The van der Waals surface area contributed by atoms with Crippen LogP contribution in [0.25, 0.3) is 11.1 Å². The quantitative estimate of drug-likeness (QED) is 0.273. The van der Waals surface area contributed by atoms with Crippen molar-refractivity contribution in [1.82, 2.24) is 15.5 Å². The third-order valence-corrected chi connectivity index (χ3v) is 7.12. The highest BCUT2D eigenvalue weighted by Crippen LogP contribution is 2.23. The van der Waals surface area contributed by atoms with Crippen LogP contribution in [0.5, 0.6) is 0 Å². The molecular formula is C31H38N4O2. The molecule has 0 aromatic heterocycles. The van der Waals surface area contributed by atoms with Crippen LogP contribution in [0.1, 0.15) is 47.6 Å². The van der Waals surface area contributed by atoms with Crippen LogP contribution in [-0.2, 0) is 4.79 Å². The number of hydrogen-bond donors (Lipinski definition) is 3. The molecule has 1 heterocycles. The lowest BCUT2D eigenvalue weighted by Crippen LogP contribution is -2.46. The van der Waals surface area contributed by atoms with Crippen LogP contribution in [0.4, 0.5) is 0 Å². The van der Waals surface area contributed by atoms with Crippen molar-refractivity contribution < 1.29 is 9.59 Å². The summed E-state index contributed by atoms with van der Waals surface area (Å²) in [6.07, 6.45) is 4.89. The lowest BCUT2D eigenvalue weighted by molar-refractivity contribution is -0.112. The Hall–Kier alpha value is -3.32. The van der Waals surface area contributed by atoms with Gasteiger partial charge in [-0.1, -0.05) is 79.2 Å². The van der Waals surface area contributed by atoms with E-state index in [0.29, 0.717) is 18.7 Å². The fourth-order valence-corrected chi connectivity index (χ4v) is 5.08. The van der Waals surface area contributed by atoms with E-state index in [4.69, 9.17) is 5.73 Å². The molecule has 1 aliphatic rings. The molecule has 37 heavy (non-hydrogen) atoms. The summed E-state index contributed by atoms with van der Waals surface area (Å²) in [7, 11) is 0. The maximum atomic E-state index is 12.9. The summed E-state index contributed by atoms with van der Waals surface area (Å²) < 4.78 is 0. The van der Waals surface area contributed by atoms with Crippen molar-refractivity contribution in [1.29, 1.82) is 0 Å². The summed E-state index contributed by atoms with van der Waals surface area (Å²) in [5.74, 6) is -0.0720. The number of benzene rings is 3. The van der Waals surface area contributed by atoms with Crippen molar-refractivity contribution in [2.75, 3.05) is 26.2 Å². The van der Waals surface area contributed by atoms with E-state index in [1.54, 1.807) is 0 Å². The van der Waals surface area contributed by atoms with E-state index in [1.807, 2.05) is 72.8 Å². The van der Waals surface area contributed by atoms with Gasteiger partial charge in [0.15, 0.2) is 0 Å². The Morgan fingerprint density at radius 3 is 2.30 bits per heavy atom. The zero-order valence-corrected chi connectivity index (χ0v) is 21.4. The first-order valence-electron chi connectivity index (χ1n) is 13.3. The summed E-state index contributed by atoms with van der Waals surface area (Å²) in [5.41, 5.74) is 9.62. The van der Waals surface area contributed by atoms with Gasteiger partial charge in [-0.3, -0.25) is 9.69 Å². The number of nitrogens with two attached hydrogens (primary N) is 1. The van der Waals surface area contributed by atoms with E-state index in [2.05, 4.69) is 27.7 Å². The third kappa shape index (κ3) is 7.59. The first-order chi connectivity index (χ1) is 18.2. The molecule has 4 N–H and O–H groups in total. The second-order valence-electron chi connectivity index (χ2n) is 9.77.